The van der Waals surface area contributed by atoms with Crippen LogP contribution in [0, 0.1) is 0 Å². The molecule has 0 spiro atoms. The van der Waals surface area contributed by atoms with Gasteiger partial charge in [0.2, 0.25) is 11.7 Å². The van der Waals surface area contributed by atoms with Gasteiger partial charge in [-0.05, 0) is 25.0 Å². The van der Waals surface area contributed by atoms with Crippen LogP contribution in [0.25, 0.3) is 11.2 Å². The Kier molecular flexibility index (Phi) is 7.75. The van der Waals surface area contributed by atoms with E-state index in [0.717, 1.165) is 36.3 Å². The Labute approximate surface area is 227 Å². The molecule has 1 aromatic carbocycles. The van der Waals surface area contributed by atoms with E-state index in [0.29, 0.717) is 47.4 Å². The van der Waals surface area contributed by atoms with E-state index in [2.05, 4.69) is 40.4 Å². The number of aliphatic hydroxyl groups excluding tert-OH is 1. The average molecular weight is 537 g/mol. The number of benzene rings is 1. The SMILES string of the molecule is COc1cc(-n2cnc(Nc3nc(N4CCC[C@H]4CO)nn4c(CNC(C)C)ccc34)c2)cc(OC)c1OC. The first-order chi connectivity index (χ1) is 18.9. The van der Waals surface area contributed by atoms with Gasteiger partial charge in [-0.3, -0.25) is 0 Å². The Bertz CT molecular complexity index is 1410. The van der Waals surface area contributed by atoms with Gasteiger partial charge < -0.3 is 39.4 Å². The van der Waals surface area contributed by atoms with Gasteiger partial charge in [-0.15, -0.1) is 5.10 Å². The number of nitrogens with zero attached hydrogens (tertiary/aromatic N) is 6. The Morgan fingerprint density at radius 2 is 1.87 bits per heavy atom. The zero-order valence-electron chi connectivity index (χ0n) is 23.0. The van der Waals surface area contributed by atoms with Crippen molar-refractivity contribution in [2.45, 2.75) is 45.3 Å². The van der Waals surface area contributed by atoms with Crippen LogP contribution in [0.15, 0.2) is 36.8 Å². The van der Waals surface area contributed by atoms with E-state index in [-0.39, 0.29) is 12.6 Å². The number of aliphatic hydroxyl groups is 1. The van der Waals surface area contributed by atoms with Gasteiger partial charge >= 0.3 is 0 Å². The van der Waals surface area contributed by atoms with Crippen molar-refractivity contribution in [1.29, 1.82) is 0 Å². The van der Waals surface area contributed by atoms with E-state index in [9.17, 15) is 5.11 Å². The third-order valence-corrected chi connectivity index (χ3v) is 6.89. The molecular formula is C27H36N8O4. The van der Waals surface area contributed by atoms with Crippen molar-refractivity contribution in [1.82, 2.24) is 29.5 Å². The lowest BCUT2D eigenvalue weighted by Crippen LogP contribution is -2.34. The molecule has 1 aliphatic heterocycles. The Balaban J connectivity index is 1.51. The molecule has 0 radical (unpaired) electrons. The molecule has 3 aromatic heterocycles. The van der Waals surface area contributed by atoms with E-state index >= 15 is 0 Å². The summed E-state index contributed by atoms with van der Waals surface area (Å²) in [7, 11) is 4.75. The van der Waals surface area contributed by atoms with Crippen LogP contribution < -0.4 is 29.7 Å². The molecule has 1 atom stereocenters. The van der Waals surface area contributed by atoms with E-state index in [1.165, 1.54) is 0 Å². The second kappa shape index (κ2) is 11.4. The van der Waals surface area contributed by atoms with Crippen LogP contribution in [0.3, 0.4) is 0 Å². The zero-order chi connectivity index (χ0) is 27.5. The summed E-state index contributed by atoms with van der Waals surface area (Å²) in [4.78, 5) is 11.5. The fraction of sp³-hybridized carbons (Fsp3) is 0.444. The summed E-state index contributed by atoms with van der Waals surface area (Å²) in [5, 5.41) is 21.7. The van der Waals surface area contributed by atoms with Crippen LogP contribution in [-0.4, -0.2) is 75.8 Å². The predicted molar refractivity (Wildman–Crippen MR) is 149 cm³/mol. The largest absolute Gasteiger partial charge is 0.493 e. The topological polar surface area (TPSA) is 123 Å². The van der Waals surface area contributed by atoms with Crippen LogP contribution in [0.4, 0.5) is 17.6 Å². The van der Waals surface area contributed by atoms with Gasteiger partial charge in [-0.1, -0.05) is 13.8 Å². The van der Waals surface area contributed by atoms with Crippen molar-refractivity contribution in [2.24, 2.45) is 0 Å². The molecule has 1 aliphatic rings. The number of aromatic nitrogens is 5. The molecule has 1 fully saturated rings. The summed E-state index contributed by atoms with van der Waals surface area (Å²) in [5.41, 5.74) is 2.65. The van der Waals surface area contributed by atoms with Crippen molar-refractivity contribution in [2.75, 3.05) is 44.7 Å². The molecule has 208 valence electrons. The molecule has 1 saturated heterocycles. The van der Waals surface area contributed by atoms with Crippen LogP contribution in [0.1, 0.15) is 32.4 Å². The maximum atomic E-state index is 9.93. The average Bonchev–Trinajstić information content (AvgIpc) is 3.70. The Hall–Kier alpha value is -4.03. The normalized spacial score (nSPS) is 15.4. The van der Waals surface area contributed by atoms with Gasteiger partial charge in [0.1, 0.15) is 17.7 Å². The predicted octanol–water partition coefficient (Wildman–Crippen LogP) is 3.14. The van der Waals surface area contributed by atoms with Crippen LogP contribution in [0.5, 0.6) is 17.2 Å². The molecule has 12 nitrogen and oxygen atoms in total. The van der Waals surface area contributed by atoms with Gasteiger partial charge in [0.15, 0.2) is 17.3 Å². The van der Waals surface area contributed by atoms with Crippen molar-refractivity contribution < 1.29 is 19.3 Å². The van der Waals surface area contributed by atoms with Crippen molar-refractivity contribution >= 4 is 23.1 Å². The molecule has 0 saturated carbocycles. The monoisotopic (exact) mass is 536 g/mol. The van der Waals surface area contributed by atoms with Crippen LogP contribution in [0.2, 0.25) is 0 Å². The van der Waals surface area contributed by atoms with Crippen LogP contribution in [-0.2, 0) is 6.54 Å². The number of hydrogen-bond acceptors (Lipinski definition) is 10. The number of imidazole rings is 1. The minimum absolute atomic E-state index is 0.00217. The lowest BCUT2D eigenvalue weighted by Gasteiger charge is -2.23. The quantitative estimate of drug-likeness (QED) is 0.263. The highest BCUT2D eigenvalue weighted by molar-refractivity contribution is 5.74. The van der Waals surface area contributed by atoms with Crippen molar-refractivity contribution in [3.8, 4) is 22.9 Å². The van der Waals surface area contributed by atoms with E-state index < -0.39 is 0 Å². The maximum absolute atomic E-state index is 9.93. The van der Waals surface area contributed by atoms with Gasteiger partial charge in [0, 0.05) is 31.3 Å². The van der Waals surface area contributed by atoms with Gasteiger partial charge in [0.25, 0.3) is 0 Å². The molecule has 0 aliphatic carbocycles. The van der Waals surface area contributed by atoms with Gasteiger partial charge in [-0.25, -0.2) is 9.50 Å². The number of anilines is 3. The summed E-state index contributed by atoms with van der Waals surface area (Å²) in [5.74, 6) is 3.45. The third kappa shape index (κ3) is 5.30. The molecule has 12 heteroatoms. The third-order valence-electron chi connectivity index (χ3n) is 6.89. The number of nitrogens with one attached hydrogen (secondary N) is 2. The van der Waals surface area contributed by atoms with E-state index in [1.807, 2.05) is 33.5 Å². The van der Waals surface area contributed by atoms with Crippen LogP contribution >= 0.6 is 0 Å². The molecule has 0 unspecified atom stereocenters. The Morgan fingerprint density at radius 1 is 1.10 bits per heavy atom. The molecular weight excluding hydrogens is 500 g/mol. The molecule has 39 heavy (non-hydrogen) atoms. The Morgan fingerprint density at radius 3 is 2.54 bits per heavy atom. The smallest absolute Gasteiger partial charge is 0.245 e. The maximum Gasteiger partial charge on any atom is 0.245 e. The lowest BCUT2D eigenvalue weighted by atomic mass is 10.2. The lowest BCUT2D eigenvalue weighted by molar-refractivity contribution is 0.265. The standard InChI is InChI=1S/C27H36N8O4/c1-17(2)28-13-18-8-9-21-26(31-27(32-35(18)21)34-10-6-7-19(34)15-36)30-24-14-33(16-29-24)20-11-22(37-3)25(39-5)23(12-20)38-4/h8-9,11-12,14,16-17,19,28,36H,6-7,10,13,15H2,1-5H3,(H,30,31,32)/t19-/m0/s1. The van der Waals surface area contributed by atoms with E-state index in [4.69, 9.17) is 24.3 Å². The van der Waals surface area contributed by atoms with Gasteiger partial charge in [0.05, 0.1) is 51.6 Å². The fourth-order valence-corrected chi connectivity index (χ4v) is 4.85. The summed E-state index contributed by atoms with van der Waals surface area (Å²) >= 11 is 0. The second-order valence-electron chi connectivity index (χ2n) is 9.76. The number of hydrogen-bond donors (Lipinski definition) is 3. The van der Waals surface area contributed by atoms with Crippen molar-refractivity contribution in [3.05, 3.63) is 42.5 Å². The van der Waals surface area contributed by atoms with Gasteiger partial charge in [-0.2, -0.15) is 4.98 Å². The first-order valence-electron chi connectivity index (χ1n) is 13.1. The minimum Gasteiger partial charge on any atom is -0.493 e. The summed E-state index contributed by atoms with van der Waals surface area (Å²) in [6.45, 7) is 5.76. The summed E-state index contributed by atoms with van der Waals surface area (Å²) in [6, 6.07) is 8.12. The minimum atomic E-state index is 0.00217. The highest BCUT2D eigenvalue weighted by Gasteiger charge is 2.27. The van der Waals surface area contributed by atoms with E-state index in [1.54, 1.807) is 27.7 Å². The summed E-state index contributed by atoms with van der Waals surface area (Å²) in [6.07, 6.45) is 5.48. The highest BCUT2D eigenvalue weighted by atomic mass is 16.5. The number of methoxy groups -OCH3 is 3. The number of fused-ring (bicyclic) bond motifs is 1. The number of ether oxygens (including phenoxy) is 3. The molecule has 5 rings (SSSR count). The molecule has 4 aromatic rings. The zero-order valence-corrected chi connectivity index (χ0v) is 23.0. The molecule has 0 bridgehead atoms. The first-order valence-corrected chi connectivity index (χ1v) is 13.1. The number of rotatable bonds is 11. The molecule has 3 N–H and O–H groups in total. The highest BCUT2D eigenvalue weighted by Crippen LogP contribution is 2.39. The molecule has 4 heterocycles. The molecule has 0 amide bonds. The summed E-state index contributed by atoms with van der Waals surface area (Å²) < 4.78 is 20.2. The van der Waals surface area contributed by atoms with Crippen molar-refractivity contribution in [3.63, 3.8) is 0 Å². The fourth-order valence-electron chi connectivity index (χ4n) is 4.85. The second-order valence-corrected chi connectivity index (χ2v) is 9.76. The first kappa shape index (κ1) is 26.6.